The van der Waals surface area contributed by atoms with Crippen LogP contribution in [0.25, 0.3) is 5.57 Å². The molecule has 0 aromatic heterocycles. The number of fused-ring (bicyclic) bond motifs is 1. The van der Waals surface area contributed by atoms with E-state index >= 15 is 0 Å². The molecule has 6 nitrogen and oxygen atoms in total. The first-order valence-corrected chi connectivity index (χ1v) is 9.25. The molecule has 2 aromatic rings. The average molecular weight is 394 g/mol. The lowest BCUT2D eigenvalue weighted by atomic mass is 9.94. The molecular formula is C22H23FN4O2. The summed E-state index contributed by atoms with van der Waals surface area (Å²) in [5.74, 6) is 1.79. The smallest absolute Gasteiger partial charge is 0.161 e. The molecule has 0 saturated heterocycles. The van der Waals surface area contributed by atoms with Crippen LogP contribution < -0.4 is 20.2 Å². The fraction of sp³-hybridized carbons (Fsp3) is 0.227. The minimum Gasteiger partial charge on any atom is -0.493 e. The van der Waals surface area contributed by atoms with E-state index in [1.807, 2.05) is 49.3 Å². The molecule has 2 aromatic carbocycles. The van der Waals surface area contributed by atoms with Crippen LogP contribution in [0, 0.1) is 5.82 Å². The Morgan fingerprint density at radius 3 is 2.48 bits per heavy atom. The second-order valence-corrected chi connectivity index (χ2v) is 7.08. The normalized spacial score (nSPS) is 20.4. The molecule has 0 amide bonds. The number of hydrazine groups is 1. The molecule has 150 valence electrons. The Bertz CT molecular complexity index is 1030. The van der Waals surface area contributed by atoms with Gasteiger partial charge < -0.3 is 14.8 Å². The quantitative estimate of drug-likeness (QED) is 0.798. The molecule has 1 atom stereocenters. The summed E-state index contributed by atoms with van der Waals surface area (Å²) in [6, 6.07) is 12.1. The van der Waals surface area contributed by atoms with Crippen molar-refractivity contribution in [1.82, 2.24) is 10.4 Å². The van der Waals surface area contributed by atoms with E-state index in [2.05, 4.69) is 10.7 Å². The van der Waals surface area contributed by atoms with Crippen molar-refractivity contribution in [2.45, 2.75) is 19.5 Å². The zero-order chi connectivity index (χ0) is 20.6. The molecular weight excluding hydrogens is 371 g/mol. The predicted molar refractivity (Wildman–Crippen MR) is 112 cm³/mol. The van der Waals surface area contributed by atoms with Crippen LogP contribution in [-0.4, -0.2) is 30.6 Å². The van der Waals surface area contributed by atoms with Crippen molar-refractivity contribution in [3.63, 3.8) is 0 Å². The number of benzene rings is 2. The number of aliphatic imine (C=N–C) groups is 1. The largest absolute Gasteiger partial charge is 0.493 e. The third-order valence-corrected chi connectivity index (χ3v) is 4.95. The van der Waals surface area contributed by atoms with E-state index in [1.54, 1.807) is 26.4 Å². The summed E-state index contributed by atoms with van der Waals surface area (Å²) in [5.41, 5.74) is 6.30. The minimum atomic E-state index is -0.703. The van der Waals surface area contributed by atoms with Crippen LogP contribution in [0.15, 0.2) is 65.6 Å². The summed E-state index contributed by atoms with van der Waals surface area (Å²) in [6.07, 6.45) is 3.88. The Balaban J connectivity index is 1.84. The van der Waals surface area contributed by atoms with Crippen molar-refractivity contribution < 1.29 is 13.9 Å². The molecule has 0 bridgehead atoms. The molecule has 0 fully saturated rings. The number of nitrogens with zero attached hydrogens (tertiary/aromatic N) is 2. The van der Waals surface area contributed by atoms with Gasteiger partial charge in [0, 0.05) is 23.2 Å². The van der Waals surface area contributed by atoms with E-state index in [9.17, 15) is 4.39 Å². The van der Waals surface area contributed by atoms with Gasteiger partial charge in [0.2, 0.25) is 0 Å². The molecule has 2 N–H and O–H groups in total. The molecule has 7 heteroatoms. The summed E-state index contributed by atoms with van der Waals surface area (Å²) in [4.78, 5) is 4.75. The first kappa shape index (κ1) is 19.0. The van der Waals surface area contributed by atoms with Crippen LogP contribution in [0.5, 0.6) is 11.5 Å². The van der Waals surface area contributed by atoms with Crippen molar-refractivity contribution in [1.29, 1.82) is 0 Å². The summed E-state index contributed by atoms with van der Waals surface area (Å²) in [6.45, 7) is 3.97. The van der Waals surface area contributed by atoms with Gasteiger partial charge in [-0.1, -0.05) is 6.07 Å². The van der Waals surface area contributed by atoms with Crippen LogP contribution in [-0.2, 0) is 0 Å². The van der Waals surface area contributed by atoms with Crippen molar-refractivity contribution in [3.8, 4) is 11.5 Å². The monoisotopic (exact) mass is 394 g/mol. The molecule has 2 aliphatic heterocycles. The Labute approximate surface area is 169 Å². The number of hydrogen-bond acceptors (Lipinski definition) is 6. The van der Waals surface area contributed by atoms with Gasteiger partial charge >= 0.3 is 0 Å². The topological polar surface area (TPSA) is 58.1 Å². The molecule has 0 radical (unpaired) electrons. The number of ether oxygens (including phenoxy) is 2. The summed E-state index contributed by atoms with van der Waals surface area (Å²) in [5, 5.41) is 5.36. The number of hydrogen-bond donors (Lipinski definition) is 2. The molecule has 0 aliphatic carbocycles. The number of halogens is 1. The number of rotatable bonds is 5. The van der Waals surface area contributed by atoms with Gasteiger partial charge in [0.1, 0.15) is 11.5 Å². The van der Waals surface area contributed by atoms with Gasteiger partial charge in [-0.2, -0.15) is 5.43 Å². The van der Waals surface area contributed by atoms with Gasteiger partial charge in [-0.15, -0.1) is 0 Å². The Morgan fingerprint density at radius 1 is 1.07 bits per heavy atom. The van der Waals surface area contributed by atoms with E-state index in [1.165, 1.54) is 12.1 Å². The standard InChI is InChI=1S/C22H23FN4O2/c1-14-11-12-27-21(24-14)20(15-5-10-18(28-3)19(13-15)29-4)22(2,26-27)25-17-8-6-16(23)7-9-17/h5-13,25-26H,1-4H3. The van der Waals surface area contributed by atoms with Gasteiger partial charge in [0.25, 0.3) is 0 Å². The van der Waals surface area contributed by atoms with Crippen LogP contribution in [0.3, 0.4) is 0 Å². The summed E-state index contributed by atoms with van der Waals surface area (Å²) < 4.78 is 24.2. The maximum atomic E-state index is 13.4. The minimum absolute atomic E-state index is 0.279. The maximum absolute atomic E-state index is 13.4. The first-order valence-electron chi connectivity index (χ1n) is 9.25. The molecule has 4 rings (SSSR count). The van der Waals surface area contributed by atoms with Crippen molar-refractivity contribution in [2.24, 2.45) is 4.99 Å². The highest BCUT2D eigenvalue weighted by Crippen LogP contribution is 2.42. The Morgan fingerprint density at radius 2 is 1.79 bits per heavy atom. The lowest BCUT2D eigenvalue weighted by molar-refractivity contribution is 0.300. The number of nitrogens with one attached hydrogen (secondary N) is 2. The van der Waals surface area contributed by atoms with Crippen LogP contribution in [0.2, 0.25) is 0 Å². The van der Waals surface area contributed by atoms with Gasteiger partial charge in [0.15, 0.2) is 17.3 Å². The van der Waals surface area contributed by atoms with Crippen LogP contribution in [0.4, 0.5) is 10.1 Å². The third kappa shape index (κ3) is 3.45. The Hall–Kier alpha value is -3.32. The van der Waals surface area contributed by atoms with Gasteiger partial charge in [-0.25, -0.2) is 9.38 Å². The molecule has 0 saturated carbocycles. The summed E-state index contributed by atoms with van der Waals surface area (Å²) >= 11 is 0. The molecule has 2 aliphatic rings. The van der Waals surface area contributed by atoms with E-state index in [4.69, 9.17) is 14.5 Å². The average Bonchev–Trinajstić information content (AvgIpc) is 3.00. The van der Waals surface area contributed by atoms with Gasteiger partial charge in [-0.05, 0) is 61.9 Å². The third-order valence-electron chi connectivity index (χ3n) is 4.95. The fourth-order valence-electron chi connectivity index (χ4n) is 3.62. The molecule has 0 spiro atoms. The lowest BCUT2D eigenvalue weighted by Crippen LogP contribution is -2.50. The second-order valence-electron chi connectivity index (χ2n) is 7.08. The molecule has 1 unspecified atom stereocenters. The number of methoxy groups -OCH3 is 2. The highest BCUT2D eigenvalue weighted by atomic mass is 19.1. The van der Waals surface area contributed by atoms with E-state index in [0.717, 1.165) is 28.4 Å². The highest BCUT2D eigenvalue weighted by molar-refractivity contribution is 5.96. The lowest BCUT2D eigenvalue weighted by Gasteiger charge is -2.31. The van der Waals surface area contributed by atoms with Crippen LogP contribution in [0.1, 0.15) is 19.4 Å². The van der Waals surface area contributed by atoms with Gasteiger partial charge in [-0.3, -0.25) is 5.01 Å². The van der Waals surface area contributed by atoms with E-state index in [-0.39, 0.29) is 5.82 Å². The Kier molecular flexibility index (Phi) is 4.76. The van der Waals surface area contributed by atoms with Crippen molar-refractivity contribution in [3.05, 3.63) is 71.9 Å². The molecule has 2 heterocycles. The van der Waals surface area contributed by atoms with Crippen molar-refractivity contribution in [2.75, 3.05) is 19.5 Å². The zero-order valence-corrected chi connectivity index (χ0v) is 16.8. The number of allylic oxidation sites excluding steroid dienone is 1. The molecule has 29 heavy (non-hydrogen) atoms. The highest BCUT2D eigenvalue weighted by Gasteiger charge is 2.42. The van der Waals surface area contributed by atoms with E-state index in [0.29, 0.717) is 11.5 Å². The first-order chi connectivity index (χ1) is 13.9. The van der Waals surface area contributed by atoms with E-state index < -0.39 is 5.66 Å². The SMILES string of the molecule is COc1ccc(C2=C3N=C(C)C=CN3NC2(C)Nc2ccc(F)cc2)cc1OC. The number of anilines is 1. The second kappa shape index (κ2) is 7.25. The van der Waals surface area contributed by atoms with Crippen LogP contribution >= 0.6 is 0 Å². The van der Waals surface area contributed by atoms with Crippen molar-refractivity contribution >= 4 is 17.0 Å². The maximum Gasteiger partial charge on any atom is 0.161 e. The predicted octanol–water partition coefficient (Wildman–Crippen LogP) is 4.15. The summed E-state index contributed by atoms with van der Waals surface area (Å²) in [7, 11) is 3.22. The fourth-order valence-corrected chi connectivity index (χ4v) is 3.62. The van der Waals surface area contributed by atoms with Gasteiger partial charge in [0.05, 0.1) is 14.2 Å². The zero-order valence-electron chi connectivity index (χ0n) is 16.8.